The van der Waals surface area contributed by atoms with Gasteiger partial charge in [0.25, 0.3) is 0 Å². The second-order valence-corrected chi connectivity index (χ2v) is 7.11. The maximum Gasteiger partial charge on any atom is 0.410 e. The molecule has 116 valence electrons. The summed E-state index contributed by atoms with van der Waals surface area (Å²) in [6, 6.07) is 0. The van der Waals surface area contributed by atoms with Gasteiger partial charge in [0.15, 0.2) is 0 Å². The van der Waals surface area contributed by atoms with Gasteiger partial charge in [0, 0.05) is 31.8 Å². The third-order valence-electron chi connectivity index (χ3n) is 4.04. The van der Waals surface area contributed by atoms with Crippen molar-refractivity contribution in [1.29, 1.82) is 0 Å². The molecule has 0 aromatic rings. The van der Waals surface area contributed by atoms with Crippen molar-refractivity contribution in [3.63, 3.8) is 0 Å². The van der Waals surface area contributed by atoms with Crippen LogP contribution in [0.3, 0.4) is 0 Å². The van der Waals surface area contributed by atoms with Crippen molar-refractivity contribution in [3.8, 4) is 0 Å². The lowest BCUT2D eigenvalue weighted by Crippen LogP contribution is -2.37. The quantitative estimate of drug-likeness (QED) is 0.743. The van der Waals surface area contributed by atoms with Crippen molar-refractivity contribution in [2.45, 2.75) is 39.0 Å². The minimum Gasteiger partial charge on any atom is -0.444 e. The first-order chi connectivity index (χ1) is 9.74. The molecule has 5 nitrogen and oxygen atoms in total. The molecule has 1 aliphatic carbocycles. The number of halogens is 1. The van der Waals surface area contributed by atoms with E-state index in [9.17, 15) is 14.0 Å². The van der Waals surface area contributed by atoms with Crippen LogP contribution >= 0.6 is 0 Å². The molecule has 2 amide bonds. The Labute approximate surface area is 123 Å². The maximum absolute atomic E-state index is 13.0. The molecule has 0 aromatic heterocycles. The van der Waals surface area contributed by atoms with E-state index in [1.165, 1.54) is 0 Å². The third-order valence-corrected chi connectivity index (χ3v) is 4.04. The van der Waals surface area contributed by atoms with Crippen LogP contribution in [0.2, 0.25) is 0 Å². The molecular formula is C15H21FN2O3. The van der Waals surface area contributed by atoms with Gasteiger partial charge >= 0.3 is 6.09 Å². The molecule has 21 heavy (non-hydrogen) atoms. The lowest BCUT2D eigenvalue weighted by Gasteiger charge is -2.25. The molecule has 0 aromatic carbocycles. The van der Waals surface area contributed by atoms with E-state index in [0.29, 0.717) is 26.1 Å². The number of carbonyl (C=O) groups is 2. The molecule has 0 bridgehead atoms. The summed E-state index contributed by atoms with van der Waals surface area (Å²) in [5, 5.41) is 0. The molecule has 3 atom stereocenters. The zero-order valence-corrected chi connectivity index (χ0v) is 12.6. The maximum atomic E-state index is 13.0. The normalized spacial score (nSPS) is 31.0. The van der Waals surface area contributed by atoms with Crippen LogP contribution in [-0.4, -0.2) is 53.2 Å². The van der Waals surface area contributed by atoms with Gasteiger partial charge in [-0.2, -0.15) is 0 Å². The first-order valence-corrected chi connectivity index (χ1v) is 7.37. The number of hydrogen-bond donors (Lipinski definition) is 0. The number of hydrogen-bond acceptors (Lipinski definition) is 3. The van der Waals surface area contributed by atoms with E-state index in [0.717, 1.165) is 5.57 Å². The minimum atomic E-state index is -0.963. The molecule has 0 N–H and O–H groups in total. The Balaban J connectivity index is 1.59. The van der Waals surface area contributed by atoms with Crippen molar-refractivity contribution in [1.82, 2.24) is 9.80 Å². The number of nitrogens with zero attached hydrogens (tertiary/aromatic N) is 2. The number of alkyl halides is 1. The first kappa shape index (κ1) is 14.4. The molecule has 6 heteroatoms. The fourth-order valence-corrected chi connectivity index (χ4v) is 2.86. The van der Waals surface area contributed by atoms with Crippen LogP contribution in [0.15, 0.2) is 11.8 Å². The molecule has 2 fully saturated rings. The van der Waals surface area contributed by atoms with Crippen LogP contribution in [0, 0.1) is 11.8 Å². The zero-order chi connectivity index (χ0) is 15.4. The van der Waals surface area contributed by atoms with Crippen LogP contribution in [0.1, 0.15) is 27.2 Å². The minimum absolute atomic E-state index is 0.117. The third kappa shape index (κ3) is 2.89. The van der Waals surface area contributed by atoms with Gasteiger partial charge in [-0.3, -0.25) is 4.79 Å². The van der Waals surface area contributed by atoms with E-state index in [1.807, 2.05) is 20.8 Å². The summed E-state index contributed by atoms with van der Waals surface area (Å²) in [6.07, 6.45) is 0.867. The smallest absolute Gasteiger partial charge is 0.410 e. The highest BCUT2D eigenvalue weighted by atomic mass is 19.1. The van der Waals surface area contributed by atoms with Gasteiger partial charge in [-0.15, -0.1) is 0 Å². The van der Waals surface area contributed by atoms with Gasteiger partial charge in [-0.1, -0.05) is 0 Å². The molecule has 0 radical (unpaired) electrons. The summed E-state index contributed by atoms with van der Waals surface area (Å²) in [6.45, 7) is 7.12. The van der Waals surface area contributed by atoms with E-state index in [4.69, 9.17) is 4.74 Å². The highest BCUT2D eigenvalue weighted by Gasteiger charge is 2.48. The Bertz CT molecular complexity index is 512. The average molecular weight is 296 g/mol. The summed E-state index contributed by atoms with van der Waals surface area (Å²) >= 11 is 0. The molecule has 0 spiro atoms. The van der Waals surface area contributed by atoms with Gasteiger partial charge in [-0.25, -0.2) is 9.18 Å². The molecule has 2 aliphatic heterocycles. The lowest BCUT2D eigenvalue weighted by atomic mass is 10.1. The summed E-state index contributed by atoms with van der Waals surface area (Å²) in [5.41, 5.74) is 0.554. The average Bonchev–Trinajstić information content (AvgIpc) is 2.79. The molecule has 2 heterocycles. The largest absolute Gasteiger partial charge is 0.444 e. The van der Waals surface area contributed by atoms with Crippen molar-refractivity contribution >= 4 is 12.0 Å². The molecule has 1 saturated heterocycles. The first-order valence-electron chi connectivity index (χ1n) is 7.37. The number of ether oxygens (including phenoxy) is 1. The standard InChI is InChI=1S/C15H21FN2O3/c1-15(2,3)21-14(20)18-7-9-5-17(6-10(9)8-18)13(19)11-4-12(11)16/h5,10-12H,4,6-8H2,1-3H3. The predicted octanol–water partition coefficient (Wildman–Crippen LogP) is 1.94. The summed E-state index contributed by atoms with van der Waals surface area (Å²) < 4.78 is 18.3. The Morgan fingerprint density at radius 3 is 2.52 bits per heavy atom. The van der Waals surface area contributed by atoms with Gasteiger partial charge < -0.3 is 14.5 Å². The number of carbonyl (C=O) groups excluding carboxylic acids is 2. The second kappa shape index (κ2) is 4.71. The van der Waals surface area contributed by atoms with Crippen molar-refractivity contribution in [2.75, 3.05) is 19.6 Å². The Kier molecular flexibility index (Phi) is 3.22. The monoisotopic (exact) mass is 296 g/mol. The predicted molar refractivity (Wildman–Crippen MR) is 74.1 cm³/mol. The van der Waals surface area contributed by atoms with Crippen LogP contribution in [-0.2, 0) is 9.53 Å². The summed E-state index contributed by atoms with van der Waals surface area (Å²) in [5.74, 6) is -0.394. The fourth-order valence-electron chi connectivity index (χ4n) is 2.86. The van der Waals surface area contributed by atoms with Gasteiger partial charge in [0.05, 0.1) is 5.92 Å². The molecule has 3 unspecified atom stereocenters. The fraction of sp³-hybridized carbons (Fsp3) is 0.733. The van der Waals surface area contributed by atoms with Gasteiger partial charge in [-0.05, 0) is 32.8 Å². The number of amides is 2. The molecule has 3 rings (SSSR count). The van der Waals surface area contributed by atoms with Crippen LogP contribution < -0.4 is 0 Å². The second-order valence-electron chi connectivity index (χ2n) is 7.11. The Hall–Kier alpha value is -1.59. The molecule has 3 aliphatic rings. The van der Waals surface area contributed by atoms with Gasteiger partial charge in [0.1, 0.15) is 11.8 Å². The van der Waals surface area contributed by atoms with E-state index < -0.39 is 17.7 Å². The summed E-state index contributed by atoms with van der Waals surface area (Å²) in [7, 11) is 0. The van der Waals surface area contributed by atoms with E-state index >= 15 is 0 Å². The SMILES string of the molecule is CC(C)(C)OC(=O)N1CC2=CN(C(=O)C3CC3F)CC2C1. The molecule has 1 saturated carbocycles. The van der Waals surface area contributed by atoms with E-state index in [1.54, 1.807) is 16.0 Å². The Morgan fingerprint density at radius 2 is 2.00 bits per heavy atom. The van der Waals surface area contributed by atoms with Crippen LogP contribution in [0.4, 0.5) is 9.18 Å². The topological polar surface area (TPSA) is 49.9 Å². The van der Waals surface area contributed by atoms with Crippen molar-refractivity contribution in [2.24, 2.45) is 11.8 Å². The van der Waals surface area contributed by atoms with Gasteiger partial charge in [0.2, 0.25) is 5.91 Å². The van der Waals surface area contributed by atoms with Crippen LogP contribution in [0.25, 0.3) is 0 Å². The van der Waals surface area contributed by atoms with Crippen molar-refractivity contribution in [3.05, 3.63) is 11.8 Å². The zero-order valence-electron chi connectivity index (χ0n) is 12.6. The van der Waals surface area contributed by atoms with E-state index in [-0.39, 0.29) is 17.9 Å². The number of likely N-dealkylation sites (tertiary alicyclic amines) is 1. The number of fused-ring (bicyclic) bond motifs is 1. The lowest BCUT2D eigenvalue weighted by molar-refractivity contribution is -0.130. The highest BCUT2D eigenvalue weighted by molar-refractivity contribution is 5.83. The summed E-state index contributed by atoms with van der Waals surface area (Å²) in [4.78, 5) is 27.3. The van der Waals surface area contributed by atoms with Crippen LogP contribution in [0.5, 0.6) is 0 Å². The number of rotatable bonds is 1. The Morgan fingerprint density at radius 1 is 1.33 bits per heavy atom. The highest BCUT2D eigenvalue weighted by Crippen LogP contribution is 2.38. The molecular weight excluding hydrogens is 275 g/mol. The van der Waals surface area contributed by atoms with E-state index in [2.05, 4.69) is 0 Å². The van der Waals surface area contributed by atoms with Crippen molar-refractivity contribution < 1.29 is 18.7 Å².